The SMILES string of the molecule is CCOC(=O)C1CCCC[C@H](NC(=O)C=Cc2cc(Cl)ccc2-n2cnnn2)c2cc(c[n+](O)c2)-c2ccc(NC(=O)OC)cc2N1. The molecule has 14 nitrogen and oxygen atoms in total. The molecule has 0 radical (unpaired) electrons. The number of esters is 1. The molecule has 5 rings (SSSR count). The van der Waals surface area contributed by atoms with E-state index in [0.717, 1.165) is 4.73 Å². The lowest BCUT2D eigenvalue weighted by Gasteiger charge is -2.23. The molecule has 3 heterocycles. The first kappa shape index (κ1) is 32.9. The molecule has 244 valence electrons. The van der Waals surface area contributed by atoms with Crippen LogP contribution in [-0.4, -0.2) is 63.1 Å². The maximum Gasteiger partial charge on any atom is 0.411 e. The summed E-state index contributed by atoms with van der Waals surface area (Å²) < 4.78 is 12.5. The van der Waals surface area contributed by atoms with E-state index >= 15 is 0 Å². The highest BCUT2D eigenvalue weighted by Crippen LogP contribution is 2.34. The molecule has 2 amide bonds. The lowest BCUT2D eigenvalue weighted by atomic mass is 9.95. The zero-order chi connectivity index (χ0) is 33.3. The highest BCUT2D eigenvalue weighted by Gasteiger charge is 2.25. The second-order valence-corrected chi connectivity index (χ2v) is 11.1. The summed E-state index contributed by atoms with van der Waals surface area (Å²) >= 11 is 6.23. The number of pyridine rings is 1. The number of tetrazole rings is 1. The molecule has 0 saturated heterocycles. The fraction of sp³-hybridized carbons (Fsp3) is 0.281. The number of fused-ring (bicyclic) bond motifs is 4. The predicted molar refractivity (Wildman–Crippen MR) is 172 cm³/mol. The topological polar surface area (TPSA) is 173 Å². The Balaban J connectivity index is 1.48. The number of amides is 2. The van der Waals surface area contributed by atoms with Gasteiger partial charge in [0.2, 0.25) is 18.3 Å². The van der Waals surface area contributed by atoms with E-state index in [1.807, 2.05) is 6.07 Å². The number of benzene rings is 2. The minimum Gasteiger partial charge on any atom is -0.464 e. The number of hydrogen-bond donors (Lipinski definition) is 4. The summed E-state index contributed by atoms with van der Waals surface area (Å²) in [5, 5.41) is 31.5. The summed E-state index contributed by atoms with van der Waals surface area (Å²) in [5.41, 5.74) is 4.12. The molecule has 0 aliphatic carbocycles. The van der Waals surface area contributed by atoms with Crippen LogP contribution in [0.3, 0.4) is 0 Å². The quantitative estimate of drug-likeness (QED) is 0.0957. The van der Waals surface area contributed by atoms with Gasteiger partial charge in [-0.25, -0.2) is 9.59 Å². The highest BCUT2D eigenvalue weighted by molar-refractivity contribution is 6.30. The van der Waals surface area contributed by atoms with Crippen molar-refractivity contribution in [2.45, 2.75) is 44.7 Å². The molecule has 47 heavy (non-hydrogen) atoms. The monoisotopic (exact) mass is 661 g/mol. The van der Waals surface area contributed by atoms with Crippen LogP contribution >= 0.6 is 11.6 Å². The molecule has 15 heteroatoms. The van der Waals surface area contributed by atoms with Crippen molar-refractivity contribution < 1.29 is 33.8 Å². The van der Waals surface area contributed by atoms with E-state index in [-0.39, 0.29) is 12.5 Å². The molecular formula is C32H34ClN8O6+. The van der Waals surface area contributed by atoms with Crippen LogP contribution in [0.2, 0.25) is 5.02 Å². The van der Waals surface area contributed by atoms with Crippen molar-refractivity contribution in [3.05, 3.63) is 83.4 Å². The number of halogens is 1. The minimum absolute atomic E-state index is 0.217. The van der Waals surface area contributed by atoms with Crippen molar-refractivity contribution in [1.29, 1.82) is 0 Å². The van der Waals surface area contributed by atoms with Crippen molar-refractivity contribution in [2.24, 2.45) is 0 Å². The Kier molecular flexibility index (Phi) is 10.6. The molecule has 1 aliphatic rings. The molecule has 2 aromatic heterocycles. The van der Waals surface area contributed by atoms with Crippen LogP contribution in [0.25, 0.3) is 22.9 Å². The number of carbonyl (C=O) groups is 3. The first-order valence-corrected chi connectivity index (χ1v) is 15.3. The third kappa shape index (κ3) is 8.41. The normalized spacial score (nSPS) is 16.1. The maximum atomic E-state index is 13.3. The number of carbonyl (C=O) groups excluding carboxylic acids is 3. The number of methoxy groups -OCH3 is 1. The summed E-state index contributed by atoms with van der Waals surface area (Å²) in [4.78, 5) is 38.2. The van der Waals surface area contributed by atoms with Crippen LogP contribution < -0.4 is 20.7 Å². The largest absolute Gasteiger partial charge is 0.464 e. The van der Waals surface area contributed by atoms with Crippen LogP contribution in [0.4, 0.5) is 16.2 Å². The van der Waals surface area contributed by atoms with E-state index in [1.54, 1.807) is 55.6 Å². The van der Waals surface area contributed by atoms with Crippen LogP contribution in [0, 0.1) is 0 Å². The predicted octanol–water partition coefficient (Wildman–Crippen LogP) is 4.47. The van der Waals surface area contributed by atoms with Crippen LogP contribution in [0.15, 0.2) is 67.3 Å². The Morgan fingerprint density at radius 2 is 1.98 bits per heavy atom. The highest BCUT2D eigenvalue weighted by atomic mass is 35.5. The summed E-state index contributed by atoms with van der Waals surface area (Å²) in [6, 6.07) is 11.0. The number of ether oxygens (including phenoxy) is 2. The van der Waals surface area contributed by atoms with Gasteiger partial charge in [0.05, 0.1) is 31.0 Å². The van der Waals surface area contributed by atoms with Crippen molar-refractivity contribution >= 4 is 47.0 Å². The average Bonchev–Trinajstić information content (AvgIpc) is 3.59. The van der Waals surface area contributed by atoms with Gasteiger partial charge in [0, 0.05) is 43.9 Å². The molecule has 4 N–H and O–H groups in total. The molecular weight excluding hydrogens is 628 g/mol. The lowest BCUT2D eigenvalue weighted by Crippen LogP contribution is -2.34. The summed E-state index contributed by atoms with van der Waals surface area (Å²) in [6.07, 6.45) is 9.14. The average molecular weight is 662 g/mol. The zero-order valence-corrected chi connectivity index (χ0v) is 26.5. The number of hydrogen-bond acceptors (Lipinski definition) is 10. The Labute approximate surface area is 275 Å². The lowest BCUT2D eigenvalue weighted by molar-refractivity contribution is -0.904. The van der Waals surface area contributed by atoms with E-state index in [4.69, 9.17) is 21.1 Å². The third-order valence-corrected chi connectivity index (χ3v) is 7.73. The van der Waals surface area contributed by atoms with Crippen LogP contribution in [0.5, 0.6) is 0 Å². The first-order valence-electron chi connectivity index (χ1n) is 14.9. The molecule has 2 bridgehead atoms. The smallest absolute Gasteiger partial charge is 0.411 e. The van der Waals surface area contributed by atoms with Gasteiger partial charge in [-0.15, -0.1) is 5.10 Å². The van der Waals surface area contributed by atoms with E-state index in [1.165, 1.54) is 30.4 Å². The zero-order valence-electron chi connectivity index (χ0n) is 25.7. The van der Waals surface area contributed by atoms with Gasteiger partial charge in [0.1, 0.15) is 12.4 Å². The van der Waals surface area contributed by atoms with Gasteiger partial charge < -0.3 is 20.1 Å². The molecule has 1 unspecified atom stereocenters. The number of nitrogens with one attached hydrogen (secondary N) is 3. The van der Waals surface area contributed by atoms with Crippen LogP contribution in [-0.2, 0) is 19.1 Å². The first-order chi connectivity index (χ1) is 22.7. The van der Waals surface area contributed by atoms with Crippen LogP contribution in [0.1, 0.15) is 49.8 Å². The number of nitrogens with zero attached hydrogens (tertiary/aromatic N) is 5. The van der Waals surface area contributed by atoms with Gasteiger partial charge in [0.15, 0.2) is 0 Å². The van der Waals surface area contributed by atoms with Gasteiger partial charge in [-0.2, -0.15) is 4.68 Å². The van der Waals surface area contributed by atoms with Crippen molar-refractivity contribution in [2.75, 3.05) is 24.4 Å². The number of aromatic nitrogens is 5. The third-order valence-electron chi connectivity index (χ3n) is 7.49. The Bertz CT molecular complexity index is 1780. The van der Waals surface area contributed by atoms with E-state index in [0.29, 0.717) is 70.0 Å². The molecule has 4 aromatic rings. The van der Waals surface area contributed by atoms with Gasteiger partial charge >= 0.3 is 12.1 Å². The molecule has 0 fully saturated rings. The number of anilines is 2. The van der Waals surface area contributed by atoms with E-state index in [9.17, 15) is 19.6 Å². The Morgan fingerprint density at radius 1 is 1.15 bits per heavy atom. The Morgan fingerprint density at radius 3 is 2.74 bits per heavy atom. The summed E-state index contributed by atoms with van der Waals surface area (Å²) in [7, 11) is 1.26. The Hall–Kier alpha value is -5.50. The fourth-order valence-electron chi connectivity index (χ4n) is 5.31. The van der Waals surface area contributed by atoms with E-state index in [2.05, 4.69) is 31.5 Å². The minimum atomic E-state index is -0.686. The van der Waals surface area contributed by atoms with E-state index < -0.39 is 24.1 Å². The van der Waals surface area contributed by atoms with Gasteiger partial charge in [-0.1, -0.05) is 30.5 Å². The van der Waals surface area contributed by atoms with Gasteiger partial charge in [0.25, 0.3) is 0 Å². The fourth-order valence-corrected chi connectivity index (χ4v) is 5.49. The second-order valence-electron chi connectivity index (χ2n) is 10.7. The van der Waals surface area contributed by atoms with Gasteiger partial charge in [-0.3, -0.25) is 15.3 Å². The summed E-state index contributed by atoms with van der Waals surface area (Å²) in [5.74, 6) is -0.783. The van der Waals surface area contributed by atoms with Gasteiger partial charge in [-0.05, 0) is 72.7 Å². The van der Waals surface area contributed by atoms with Crippen molar-refractivity contribution in [3.63, 3.8) is 0 Å². The molecule has 1 aliphatic heterocycles. The molecule has 0 saturated carbocycles. The molecule has 2 aromatic carbocycles. The summed E-state index contributed by atoms with van der Waals surface area (Å²) in [6.45, 7) is 1.96. The maximum absolute atomic E-state index is 13.3. The molecule has 2 atom stereocenters. The molecule has 0 spiro atoms. The van der Waals surface area contributed by atoms with Crippen molar-refractivity contribution in [1.82, 2.24) is 25.5 Å². The van der Waals surface area contributed by atoms with Crippen molar-refractivity contribution in [3.8, 4) is 16.8 Å². The standard InChI is InChI=1S/C32H33ClN8O6/c1-3-47-31(43)27-7-5-4-6-26(37-30(42)13-8-20-15-23(33)9-12-29(20)41-19-34-38-39-41)22-14-21(17-40(45)18-22)25-11-10-24(16-28(25)36-27)35-32(44)46-2/h8-19,26-27,36H,3-7H2,1-2H3,(H2-,35,37,42,44,45)/p+1/t26-,27?/m0/s1. The number of rotatable bonds is 7. The second kappa shape index (κ2) is 15.2.